The van der Waals surface area contributed by atoms with Gasteiger partial charge < -0.3 is 4.57 Å². The summed E-state index contributed by atoms with van der Waals surface area (Å²) >= 11 is 0. The molecule has 19 heavy (non-hydrogen) atoms. The molecule has 2 aromatic rings. The fourth-order valence-electron chi connectivity index (χ4n) is 2.09. The number of nitrogens with one attached hydrogen (secondary N) is 1. The van der Waals surface area contributed by atoms with Crippen LogP contribution in [0.4, 0.5) is 0 Å². The quantitative estimate of drug-likeness (QED) is 0.629. The fraction of sp³-hybridized carbons (Fsp3) is 0.462. The van der Waals surface area contributed by atoms with Crippen molar-refractivity contribution < 1.29 is 0 Å². The topological polar surface area (TPSA) is 72.7 Å². The second kappa shape index (κ2) is 5.69. The summed E-state index contributed by atoms with van der Waals surface area (Å²) in [6.45, 7) is 6.66. The molecule has 0 amide bonds. The molecule has 0 unspecified atom stereocenters. The van der Waals surface area contributed by atoms with Gasteiger partial charge in [-0.1, -0.05) is 25.8 Å². The Morgan fingerprint density at radius 2 is 2.21 bits per heavy atom. The zero-order chi connectivity index (χ0) is 13.8. The molecule has 6 nitrogen and oxygen atoms in total. The lowest BCUT2D eigenvalue weighted by Gasteiger charge is -2.05. The number of hydrogen-bond acceptors (Lipinski definition) is 3. The Morgan fingerprint density at radius 1 is 1.42 bits per heavy atom. The Labute approximate surface area is 110 Å². The Kier molecular flexibility index (Phi) is 3.99. The monoisotopic (exact) mass is 262 g/mol. The maximum Gasteiger partial charge on any atom is 0.330 e. The van der Waals surface area contributed by atoms with Crippen LogP contribution in [-0.4, -0.2) is 19.1 Å². The molecule has 0 atom stereocenters. The summed E-state index contributed by atoms with van der Waals surface area (Å²) in [6.07, 6.45) is 6.09. The number of allylic oxidation sites excluding steroid dienone is 1. The first-order chi connectivity index (χ1) is 9.19. The van der Waals surface area contributed by atoms with Gasteiger partial charge in [-0.15, -0.1) is 6.58 Å². The molecular formula is C13H18N4O2. The first-order valence-corrected chi connectivity index (χ1v) is 6.48. The van der Waals surface area contributed by atoms with Gasteiger partial charge in [0.15, 0.2) is 11.2 Å². The third kappa shape index (κ3) is 2.52. The van der Waals surface area contributed by atoms with E-state index in [4.69, 9.17) is 0 Å². The van der Waals surface area contributed by atoms with Crippen molar-refractivity contribution in [1.29, 1.82) is 0 Å². The van der Waals surface area contributed by atoms with E-state index in [1.54, 1.807) is 17.0 Å². The van der Waals surface area contributed by atoms with Crippen LogP contribution >= 0.6 is 0 Å². The highest BCUT2D eigenvalue weighted by Gasteiger charge is 2.12. The van der Waals surface area contributed by atoms with E-state index in [2.05, 4.69) is 23.5 Å². The van der Waals surface area contributed by atoms with Gasteiger partial charge in [0.05, 0.1) is 6.33 Å². The van der Waals surface area contributed by atoms with E-state index in [0.717, 1.165) is 19.3 Å². The number of unbranched alkanes of at least 4 members (excludes halogenated alkanes) is 2. The van der Waals surface area contributed by atoms with E-state index in [1.165, 1.54) is 4.57 Å². The van der Waals surface area contributed by atoms with Gasteiger partial charge in [-0.05, 0) is 6.42 Å². The predicted molar refractivity (Wildman–Crippen MR) is 74.3 cm³/mol. The van der Waals surface area contributed by atoms with Crippen molar-refractivity contribution in [3.63, 3.8) is 0 Å². The van der Waals surface area contributed by atoms with E-state index in [-0.39, 0.29) is 5.56 Å². The highest BCUT2D eigenvalue weighted by molar-refractivity contribution is 5.69. The van der Waals surface area contributed by atoms with Crippen LogP contribution in [0.1, 0.15) is 26.2 Å². The Hall–Kier alpha value is -2.11. The SMILES string of the molecule is C=CCn1cnc2[nH]c(=O)n(CCCCC)c(=O)c21. The van der Waals surface area contributed by atoms with Gasteiger partial charge in [-0.25, -0.2) is 9.78 Å². The number of nitrogens with zero attached hydrogens (tertiary/aromatic N) is 3. The highest BCUT2D eigenvalue weighted by Crippen LogP contribution is 2.03. The number of fused-ring (bicyclic) bond motifs is 1. The molecule has 0 aliphatic rings. The summed E-state index contributed by atoms with van der Waals surface area (Å²) in [5.41, 5.74) is 0.0891. The van der Waals surface area contributed by atoms with E-state index < -0.39 is 5.69 Å². The van der Waals surface area contributed by atoms with Crippen molar-refractivity contribution in [1.82, 2.24) is 19.1 Å². The average molecular weight is 262 g/mol. The summed E-state index contributed by atoms with van der Waals surface area (Å²) in [7, 11) is 0. The van der Waals surface area contributed by atoms with Crippen molar-refractivity contribution in [2.45, 2.75) is 39.3 Å². The number of aromatic amines is 1. The van der Waals surface area contributed by atoms with Gasteiger partial charge in [-0.3, -0.25) is 14.3 Å². The zero-order valence-corrected chi connectivity index (χ0v) is 11.1. The number of aromatic nitrogens is 4. The Morgan fingerprint density at radius 3 is 2.89 bits per heavy atom. The molecule has 0 saturated carbocycles. The van der Waals surface area contributed by atoms with Crippen LogP contribution < -0.4 is 11.2 Å². The van der Waals surface area contributed by atoms with Gasteiger partial charge in [0, 0.05) is 13.1 Å². The number of H-pyrrole nitrogens is 1. The molecule has 2 aromatic heterocycles. The van der Waals surface area contributed by atoms with Crippen LogP contribution in [-0.2, 0) is 13.1 Å². The van der Waals surface area contributed by atoms with Gasteiger partial charge in [0.1, 0.15) is 0 Å². The molecule has 6 heteroatoms. The lowest BCUT2D eigenvalue weighted by Crippen LogP contribution is -2.35. The second-order valence-corrected chi connectivity index (χ2v) is 4.48. The molecule has 102 valence electrons. The van der Waals surface area contributed by atoms with Crippen LogP contribution in [0.3, 0.4) is 0 Å². The first-order valence-electron chi connectivity index (χ1n) is 6.48. The molecule has 2 heterocycles. The average Bonchev–Trinajstić information content (AvgIpc) is 2.77. The van der Waals surface area contributed by atoms with E-state index in [9.17, 15) is 9.59 Å². The molecule has 0 fully saturated rings. The third-order valence-electron chi connectivity index (χ3n) is 3.07. The maximum absolute atomic E-state index is 12.3. The minimum atomic E-state index is -0.391. The second-order valence-electron chi connectivity index (χ2n) is 4.48. The molecule has 0 radical (unpaired) electrons. The number of imidazole rings is 1. The van der Waals surface area contributed by atoms with Crippen molar-refractivity contribution in [2.24, 2.45) is 0 Å². The normalized spacial score (nSPS) is 11.0. The van der Waals surface area contributed by atoms with Gasteiger partial charge >= 0.3 is 5.69 Å². The fourth-order valence-corrected chi connectivity index (χ4v) is 2.09. The van der Waals surface area contributed by atoms with Gasteiger partial charge in [0.25, 0.3) is 5.56 Å². The van der Waals surface area contributed by atoms with Crippen molar-refractivity contribution in [2.75, 3.05) is 0 Å². The molecular weight excluding hydrogens is 244 g/mol. The van der Waals surface area contributed by atoms with Crippen molar-refractivity contribution >= 4 is 11.2 Å². The molecule has 0 saturated heterocycles. The summed E-state index contributed by atoms with van der Waals surface area (Å²) in [5, 5.41) is 0. The first kappa shape index (κ1) is 13.3. The standard InChI is InChI=1S/C13H18N4O2/c1-3-5-6-8-17-12(18)10-11(15-13(17)19)14-9-16(10)7-4-2/h4,9H,2-3,5-8H2,1H3,(H,15,19). The maximum atomic E-state index is 12.3. The minimum absolute atomic E-state index is 0.283. The van der Waals surface area contributed by atoms with Crippen LogP contribution in [0.15, 0.2) is 28.6 Å². The zero-order valence-electron chi connectivity index (χ0n) is 11.1. The van der Waals surface area contributed by atoms with Crippen molar-refractivity contribution in [3.8, 4) is 0 Å². The van der Waals surface area contributed by atoms with Gasteiger partial charge in [0.2, 0.25) is 0 Å². The van der Waals surface area contributed by atoms with E-state index in [1.807, 2.05) is 0 Å². The largest absolute Gasteiger partial charge is 0.330 e. The van der Waals surface area contributed by atoms with Gasteiger partial charge in [-0.2, -0.15) is 0 Å². The minimum Gasteiger partial charge on any atom is -0.321 e. The smallest absolute Gasteiger partial charge is 0.321 e. The van der Waals surface area contributed by atoms with Crippen LogP contribution in [0, 0.1) is 0 Å². The van der Waals surface area contributed by atoms with Crippen LogP contribution in [0.2, 0.25) is 0 Å². The molecule has 1 N–H and O–H groups in total. The summed E-state index contributed by atoms with van der Waals surface area (Å²) < 4.78 is 2.94. The van der Waals surface area contributed by atoms with Crippen LogP contribution in [0.25, 0.3) is 11.2 Å². The Bertz CT molecular complexity index is 693. The van der Waals surface area contributed by atoms with E-state index >= 15 is 0 Å². The molecule has 0 aliphatic heterocycles. The molecule has 0 spiro atoms. The third-order valence-corrected chi connectivity index (χ3v) is 3.07. The number of rotatable bonds is 6. The highest BCUT2D eigenvalue weighted by atomic mass is 16.2. The Balaban J connectivity index is 2.52. The molecule has 2 rings (SSSR count). The lowest BCUT2D eigenvalue weighted by atomic mass is 10.2. The summed E-state index contributed by atoms with van der Waals surface area (Å²) in [6, 6.07) is 0. The molecule has 0 aromatic carbocycles. The van der Waals surface area contributed by atoms with Crippen LogP contribution in [0.5, 0.6) is 0 Å². The summed E-state index contributed by atoms with van der Waals surface area (Å²) in [4.78, 5) is 30.9. The lowest BCUT2D eigenvalue weighted by molar-refractivity contribution is 0.566. The van der Waals surface area contributed by atoms with E-state index in [0.29, 0.717) is 24.3 Å². The predicted octanol–water partition coefficient (Wildman–Crippen LogP) is 1.26. The molecule has 0 bridgehead atoms. The summed E-state index contributed by atoms with van der Waals surface area (Å²) in [5.74, 6) is 0. The molecule has 0 aliphatic carbocycles. The van der Waals surface area contributed by atoms with Crippen molar-refractivity contribution in [3.05, 3.63) is 39.8 Å². The number of hydrogen-bond donors (Lipinski definition) is 1.